The lowest BCUT2D eigenvalue weighted by Crippen LogP contribution is -2.36. The number of rotatable bonds is 5. The predicted molar refractivity (Wildman–Crippen MR) is 64.0 cm³/mol. The van der Waals surface area contributed by atoms with Crippen LogP contribution in [-0.2, 0) is 5.41 Å². The van der Waals surface area contributed by atoms with Crippen LogP contribution in [0, 0.1) is 6.92 Å². The predicted octanol–water partition coefficient (Wildman–Crippen LogP) is 2.10. The Hall–Kier alpha value is -0.380. The molecule has 1 aromatic heterocycles. The second-order valence-corrected chi connectivity index (χ2v) is 5.19. The molecule has 0 saturated carbocycles. The molecule has 0 aliphatic heterocycles. The molecule has 0 fully saturated rings. The third kappa shape index (κ3) is 2.80. The maximum absolute atomic E-state index is 3.39. The van der Waals surface area contributed by atoms with Crippen molar-refractivity contribution in [1.29, 1.82) is 0 Å². The summed E-state index contributed by atoms with van der Waals surface area (Å²) in [5.41, 5.74) is 1.64. The first-order valence-electron chi connectivity index (χ1n) is 4.98. The van der Waals surface area contributed by atoms with Crippen LogP contribution in [0.5, 0.6) is 0 Å². The third-order valence-corrected chi connectivity index (χ3v) is 3.73. The molecule has 0 aliphatic rings. The zero-order chi connectivity index (χ0) is 10.6. The van der Waals surface area contributed by atoms with Crippen LogP contribution in [0.3, 0.4) is 0 Å². The number of nitrogens with one attached hydrogen (secondary N) is 2. The van der Waals surface area contributed by atoms with E-state index in [1.807, 2.05) is 18.4 Å². The number of thiophene rings is 1. The van der Waals surface area contributed by atoms with Gasteiger partial charge in [0.2, 0.25) is 0 Å². The van der Waals surface area contributed by atoms with Gasteiger partial charge in [-0.2, -0.15) is 0 Å². The second-order valence-electron chi connectivity index (χ2n) is 4.27. The molecule has 0 aromatic carbocycles. The minimum absolute atomic E-state index is 0.231. The Bertz CT molecular complexity index is 279. The van der Waals surface area contributed by atoms with Crippen molar-refractivity contribution in [3.05, 3.63) is 21.9 Å². The van der Waals surface area contributed by atoms with Crippen LogP contribution >= 0.6 is 11.3 Å². The third-order valence-electron chi connectivity index (χ3n) is 2.35. The van der Waals surface area contributed by atoms with Crippen LogP contribution in [0.4, 0.5) is 0 Å². The van der Waals surface area contributed by atoms with Gasteiger partial charge in [0.25, 0.3) is 0 Å². The van der Waals surface area contributed by atoms with Crippen LogP contribution in [0.1, 0.15) is 24.3 Å². The Morgan fingerprint density at radius 1 is 1.43 bits per heavy atom. The molecule has 2 N–H and O–H groups in total. The summed E-state index contributed by atoms with van der Waals surface area (Å²) in [5, 5.41) is 8.65. The van der Waals surface area contributed by atoms with Gasteiger partial charge in [0.1, 0.15) is 0 Å². The van der Waals surface area contributed by atoms with Crippen molar-refractivity contribution >= 4 is 11.3 Å². The minimum Gasteiger partial charge on any atom is -0.308 e. The normalized spacial score (nSPS) is 12.0. The zero-order valence-electron chi connectivity index (χ0n) is 9.48. The molecule has 0 atom stereocenters. The van der Waals surface area contributed by atoms with Gasteiger partial charge in [-0.1, -0.05) is 13.8 Å². The average molecular weight is 212 g/mol. The molecule has 14 heavy (non-hydrogen) atoms. The molecular weight excluding hydrogens is 192 g/mol. The fourth-order valence-corrected chi connectivity index (χ4v) is 2.70. The first-order chi connectivity index (χ1) is 6.58. The highest BCUT2D eigenvalue weighted by atomic mass is 32.1. The van der Waals surface area contributed by atoms with Crippen molar-refractivity contribution in [1.82, 2.24) is 10.6 Å². The van der Waals surface area contributed by atoms with Gasteiger partial charge >= 0.3 is 0 Å². The lowest BCUT2D eigenvalue weighted by atomic mass is 9.89. The molecule has 80 valence electrons. The molecule has 0 spiro atoms. The summed E-state index contributed by atoms with van der Waals surface area (Å²) in [6, 6.07) is 2.19. The Labute approximate surface area is 90.7 Å². The Morgan fingerprint density at radius 2 is 2.14 bits per heavy atom. The van der Waals surface area contributed by atoms with E-state index in [9.17, 15) is 0 Å². The highest BCUT2D eigenvalue weighted by molar-refractivity contribution is 7.10. The molecule has 0 aliphatic carbocycles. The van der Waals surface area contributed by atoms with Gasteiger partial charge in [0.15, 0.2) is 0 Å². The molecule has 1 rings (SSSR count). The van der Waals surface area contributed by atoms with E-state index in [-0.39, 0.29) is 5.41 Å². The van der Waals surface area contributed by atoms with Crippen LogP contribution in [-0.4, -0.2) is 20.3 Å². The monoisotopic (exact) mass is 212 g/mol. The fourth-order valence-electron chi connectivity index (χ4n) is 1.65. The molecule has 0 bridgehead atoms. The van der Waals surface area contributed by atoms with Gasteiger partial charge in [0.05, 0.1) is 0 Å². The fraction of sp³-hybridized carbons (Fsp3) is 0.636. The minimum atomic E-state index is 0.231. The molecule has 2 nitrogen and oxygen atoms in total. The van der Waals surface area contributed by atoms with Crippen molar-refractivity contribution in [2.24, 2.45) is 0 Å². The zero-order valence-corrected chi connectivity index (χ0v) is 10.3. The van der Waals surface area contributed by atoms with Gasteiger partial charge in [-0.25, -0.2) is 0 Å². The van der Waals surface area contributed by atoms with Crippen LogP contribution in [0.25, 0.3) is 0 Å². The molecular formula is C11H20N2S. The summed E-state index contributed by atoms with van der Waals surface area (Å²) < 4.78 is 0. The smallest absolute Gasteiger partial charge is 0.0452 e. The van der Waals surface area contributed by atoms with E-state index in [4.69, 9.17) is 0 Å². The number of aryl methyl sites for hydroxylation is 1. The maximum atomic E-state index is 3.39. The highest BCUT2D eigenvalue weighted by Gasteiger charge is 2.22. The average Bonchev–Trinajstić information content (AvgIpc) is 2.52. The van der Waals surface area contributed by atoms with E-state index in [0.29, 0.717) is 0 Å². The summed E-state index contributed by atoms with van der Waals surface area (Å²) in [5.74, 6) is 0. The van der Waals surface area contributed by atoms with Crippen LogP contribution in [0.15, 0.2) is 11.4 Å². The van der Waals surface area contributed by atoms with Crippen molar-refractivity contribution in [3.8, 4) is 0 Å². The topological polar surface area (TPSA) is 24.1 Å². The van der Waals surface area contributed by atoms with Gasteiger partial charge in [-0.15, -0.1) is 11.3 Å². The summed E-state index contributed by atoms with van der Waals surface area (Å²) in [6.45, 7) is 8.64. The molecule has 1 heterocycles. The molecule has 1 aromatic rings. The molecule has 3 heteroatoms. The highest BCUT2D eigenvalue weighted by Crippen LogP contribution is 2.30. The Morgan fingerprint density at radius 3 is 2.64 bits per heavy atom. The summed E-state index contributed by atoms with van der Waals surface area (Å²) in [7, 11) is 1.95. The lowest BCUT2D eigenvalue weighted by molar-refractivity contribution is 0.466. The largest absolute Gasteiger partial charge is 0.308 e. The van der Waals surface area contributed by atoms with Gasteiger partial charge in [0, 0.05) is 23.5 Å². The van der Waals surface area contributed by atoms with E-state index in [1.165, 1.54) is 10.4 Å². The van der Waals surface area contributed by atoms with Crippen molar-refractivity contribution < 1.29 is 0 Å². The van der Waals surface area contributed by atoms with Gasteiger partial charge in [-0.05, 0) is 31.0 Å². The van der Waals surface area contributed by atoms with Crippen molar-refractivity contribution in [2.45, 2.75) is 26.2 Å². The summed E-state index contributed by atoms with van der Waals surface area (Å²) in [6.07, 6.45) is 0. The SMILES string of the molecule is CNCNCC(C)(C)c1sccc1C. The Balaban J connectivity index is 2.61. The summed E-state index contributed by atoms with van der Waals surface area (Å²) in [4.78, 5) is 1.49. The lowest BCUT2D eigenvalue weighted by Gasteiger charge is -2.25. The number of hydrogen-bond donors (Lipinski definition) is 2. The Kier molecular flexibility index (Phi) is 4.11. The van der Waals surface area contributed by atoms with E-state index in [0.717, 1.165) is 13.2 Å². The van der Waals surface area contributed by atoms with Gasteiger partial charge < -0.3 is 10.6 Å². The van der Waals surface area contributed by atoms with Gasteiger partial charge in [-0.3, -0.25) is 0 Å². The first-order valence-corrected chi connectivity index (χ1v) is 5.86. The maximum Gasteiger partial charge on any atom is 0.0452 e. The molecule has 0 radical (unpaired) electrons. The summed E-state index contributed by atoms with van der Waals surface area (Å²) >= 11 is 1.85. The standard InChI is InChI=1S/C11H20N2S/c1-9-5-6-14-10(9)11(2,3)7-13-8-12-4/h5-6,12-13H,7-8H2,1-4H3. The quantitative estimate of drug-likeness (QED) is 0.577. The second kappa shape index (κ2) is 4.91. The van der Waals surface area contributed by atoms with Crippen molar-refractivity contribution in [3.63, 3.8) is 0 Å². The van der Waals surface area contributed by atoms with Crippen LogP contribution < -0.4 is 10.6 Å². The van der Waals surface area contributed by atoms with Crippen molar-refractivity contribution in [2.75, 3.05) is 20.3 Å². The van der Waals surface area contributed by atoms with E-state index < -0.39 is 0 Å². The van der Waals surface area contributed by atoms with Crippen LogP contribution in [0.2, 0.25) is 0 Å². The van der Waals surface area contributed by atoms with E-state index in [1.54, 1.807) is 0 Å². The molecule has 0 unspecified atom stereocenters. The molecule has 0 saturated heterocycles. The first kappa shape index (κ1) is 11.7. The van der Waals surface area contributed by atoms with E-state index >= 15 is 0 Å². The molecule has 0 amide bonds. The number of hydrogen-bond acceptors (Lipinski definition) is 3. The van der Waals surface area contributed by atoms with E-state index in [2.05, 4.69) is 42.9 Å².